The fourth-order valence-electron chi connectivity index (χ4n) is 3.80. The van der Waals surface area contributed by atoms with Crippen LogP contribution in [0, 0.1) is 5.92 Å². The van der Waals surface area contributed by atoms with E-state index in [1.54, 1.807) is 6.39 Å². The highest BCUT2D eigenvalue weighted by molar-refractivity contribution is 5.16. The Morgan fingerprint density at radius 2 is 2.26 bits per heavy atom. The van der Waals surface area contributed by atoms with Crippen LogP contribution in [0.5, 0.6) is 0 Å². The van der Waals surface area contributed by atoms with Gasteiger partial charge in [0, 0.05) is 12.5 Å². The van der Waals surface area contributed by atoms with Gasteiger partial charge in [0.2, 0.25) is 0 Å². The number of rotatable bonds is 4. The molecule has 1 aliphatic heterocycles. The molecule has 0 radical (unpaired) electrons. The summed E-state index contributed by atoms with van der Waals surface area (Å²) in [6.07, 6.45) is 8.10. The number of aromatic nitrogens is 1. The van der Waals surface area contributed by atoms with Crippen molar-refractivity contribution >= 4 is 0 Å². The predicted octanol–water partition coefficient (Wildman–Crippen LogP) is 2.20. The highest BCUT2D eigenvalue weighted by Crippen LogP contribution is 2.36. The number of hydrogen-bond acceptors (Lipinski definition) is 4. The lowest BCUT2D eigenvalue weighted by Gasteiger charge is -2.47. The van der Waals surface area contributed by atoms with E-state index in [1.165, 1.54) is 25.0 Å². The van der Waals surface area contributed by atoms with Crippen molar-refractivity contribution in [1.29, 1.82) is 0 Å². The molecule has 0 saturated carbocycles. The first-order valence-corrected chi connectivity index (χ1v) is 7.73. The zero-order chi connectivity index (χ0) is 13.2. The summed E-state index contributed by atoms with van der Waals surface area (Å²) < 4.78 is 5.56. The molecule has 19 heavy (non-hydrogen) atoms. The van der Waals surface area contributed by atoms with Crippen LogP contribution in [0.1, 0.15) is 44.6 Å². The fraction of sp³-hybridized carbons (Fsp3) is 0.800. The molecule has 0 aromatic carbocycles. The van der Waals surface area contributed by atoms with Gasteiger partial charge >= 0.3 is 0 Å². The Hall–Kier alpha value is -0.870. The molecule has 1 fully saturated rings. The second-order valence-electron chi connectivity index (χ2n) is 5.84. The fourth-order valence-corrected chi connectivity index (χ4v) is 3.80. The van der Waals surface area contributed by atoms with Gasteiger partial charge in [-0.3, -0.25) is 4.90 Å². The first-order chi connectivity index (χ1) is 9.33. The molecule has 0 bridgehead atoms. The van der Waals surface area contributed by atoms with Crippen LogP contribution in [0.3, 0.4) is 0 Å². The maximum absolute atomic E-state index is 5.56. The van der Waals surface area contributed by atoms with E-state index in [0.29, 0.717) is 12.2 Å². The smallest absolute Gasteiger partial charge is 0.181 e. The molecule has 1 unspecified atom stereocenters. The molecule has 0 spiro atoms. The Morgan fingerprint density at radius 3 is 3.05 bits per heavy atom. The van der Waals surface area contributed by atoms with E-state index in [4.69, 9.17) is 4.42 Å². The van der Waals surface area contributed by atoms with Crippen LogP contribution in [0.25, 0.3) is 0 Å². The average molecular weight is 263 g/mol. The summed E-state index contributed by atoms with van der Waals surface area (Å²) in [4.78, 5) is 7.01. The van der Waals surface area contributed by atoms with Crippen molar-refractivity contribution in [2.24, 2.45) is 5.92 Å². The van der Waals surface area contributed by atoms with Crippen LogP contribution >= 0.6 is 0 Å². The number of fused-ring (bicyclic) bond motifs is 2. The molecule has 3 atom stereocenters. The third-order valence-corrected chi connectivity index (χ3v) is 4.75. The summed E-state index contributed by atoms with van der Waals surface area (Å²) in [6.45, 7) is 6.74. The van der Waals surface area contributed by atoms with E-state index in [-0.39, 0.29) is 0 Å². The van der Waals surface area contributed by atoms with Crippen LogP contribution < -0.4 is 5.32 Å². The molecule has 1 aliphatic carbocycles. The van der Waals surface area contributed by atoms with Gasteiger partial charge in [0.15, 0.2) is 6.39 Å². The van der Waals surface area contributed by atoms with Crippen LogP contribution in [-0.4, -0.2) is 35.2 Å². The van der Waals surface area contributed by atoms with Gasteiger partial charge in [-0.2, -0.15) is 0 Å². The molecule has 1 aromatic rings. The van der Waals surface area contributed by atoms with Crippen LogP contribution in [0.4, 0.5) is 0 Å². The molecule has 1 N–H and O–H groups in total. The van der Waals surface area contributed by atoms with E-state index in [2.05, 4.69) is 29.0 Å². The van der Waals surface area contributed by atoms with Gasteiger partial charge in [0.05, 0.1) is 11.9 Å². The van der Waals surface area contributed by atoms with Crippen molar-refractivity contribution in [3.63, 3.8) is 0 Å². The molecule has 2 heterocycles. The second-order valence-corrected chi connectivity index (χ2v) is 5.84. The lowest BCUT2D eigenvalue weighted by atomic mass is 9.78. The summed E-state index contributed by atoms with van der Waals surface area (Å²) in [5.41, 5.74) is 1.21. The first-order valence-electron chi connectivity index (χ1n) is 7.73. The number of likely N-dealkylation sites (N-methyl/N-ethyl adjacent to an activating group) is 1. The Kier molecular flexibility index (Phi) is 3.89. The maximum Gasteiger partial charge on any atom is 0.181 e. The Balaban J connectivity index is 1.75. The van der Waals surface area contributed by atoms with Gasteiger partial charge in [0.25, 0.3) is 0 Å². The predicted molar refractivity (Wildman–Crippen MR) is 74.9 cm³/mol. The minimum atomic E-state index is 0.552. The zero-order valence-electron chi connectivity index (χ0n) is 12.1. The molecular weight excluding hydrogens is 238 g/mol. The van der Waals surface area contributed by atoms with Crippen molar-refractivity contribution in [3.8, 4) is 0 Å². The monoisotopic (exact) mass is 263 g/mol. The van der Waals surface area contributed by atoms with Crippen LogP contribution in [-0.2, 0) is 12.8 Å². The summed E-state index contributed by atoms with van der Waals surface area (Å²) >= 11 is 0. The number of nitrogens with one attached hydrogen (secondary N) is 1. The van der Waals surface area contributed by atoms with Crippen LogP contribution in [0.2, 0.25) is 0 Å². The van der Waals surface area contributed by atoms with Crippen LogP contribution in [0.15, 0.2) is 10.8 Å². The average Bonchev–Trinajstić information content (AvgIpc) is 2.89. The minimum absolute atomic E-state index is 0.552. The molecule has 106 valence electrons. The Labute approximate surface area is 115 Å². The van der Waals surface area contributed by atoms with Crippen molar-refractivity contribution in [2.75, 3.05) is 13.1 Å². The largest absolute Gasteiger partial charge is 0.448 e. The minimum Gasteiger partial charge on any atom is -0.448 e. The summed E-state index contributed by atoms with van der Waals surface area (Å²) in [7, 11) is 0. The van der Waals surface area contributed by atoms with Gasteiger partial charge < -0.3 is 9.73 Å². The molecular formula is C15H25N3O. The summed E-state index contributed by atoms with van der Waals surface area (Å²) in [5.74, 6) is 1.88. The molecule has 4 heteroatoms. The highest BCUT2D eigenvalue weighted by Gasteiger charge is 2.40. The summed E-state index contributed by atoms with van der Waals surface area (Å²) in [6, 6.07) is 0.633. The molecule has 3 rings (SSSR count). The van der Waals surface area contributed by atoms with Crippen molar-refractivity contribution in [1.82, 2.24) is 15.2 Å². The van der Waals surface area contributed by atoms with Crippen molar-refractivity contribution < 1.29 is 4.42 Å². The Bertz CT molecular complexity index is 417. The summed E-state index contributed by atoms with van der Waals surface area (Å²) in [5, 5.41) is 3.70. The number of oxazole rings is 1. The standard InChI is InChI=1S/C15H25N3O/c1-3-7-16-15-6-5-11-8-12-14(19-10-17-12)9-13(11)18(15)4-2/h10-11,13,15-16H,3-9H2,1-2H3/t11-,13-,15?/m1/s1. The third-order valence-electron chi connectivity index (χ3n) is 4.75. The van der Waals surface area contributed by atoms with E-state index >= 15 is 0 Å². The molecule has 1 saturated heterocycles. The van der Waals surface area contributed by atoms with E-state index < -0.39 is 0 Å². The van der Waals surface area contributed by atoms with Gasteiger partial charge in [-0.1, -0.05) is 13.8 Å². The van der Waals surface area contributed by atoms with Gasteiger partial charge in [-0.05, 0) is 44.7 Å². The lowest BCUT2D eigenvalue weighted by molar-refractivity contribution is 0.0188. The Morgan fingerprint density at radius 1 is 1.37 bits per heavy atom. The number of nitrogens with zero attached hydrogens (tertiary/aromatic N) is 2. The molecule has 1 aromatic heterocycles. The lowest BCUT2D eigenvalue weighted by Crippen LogP contribution is -2.58. The molecule has 0 amide bonds. The second kappa shape index (κ2) is 5.63. The molecule has 4 nitrogen and oxygen atoms in total. The van der Waals surface area contributed by atoms with Crippen molar-refractivity contribution in [3.05, 3.63) is 17.8 Å². The van der Waals surface area contributed by atoms with Gasteiger partial charge in [-0.25, -0.2) is 4.98 Å². The zero-order valence-corrected chi connectivity index (χ0v) is 12.1. The van der Waals surface area contributed by atoms with E-state index in [0.717, 1.165) is 37.6 Å². The van der Waals surface area contributed by atoms with E-state index in [1.807, 2.05) is 0 Å². The maximum atomic E-state index is 5.56. The van der Waals surface area contributed by atoms with Crippen molar-refractivity contribution in [2.45, 2.75) is 58.2 Å². The SMILES string of the molecule is CCCNC1CC[C@@H]2Cc3ncoc3C[C@H]2N1CC. The molecule has 2 aliphatic rings. The number of hydrogen-bond donors (Lipinski definition) is 1. The van der Waals surface area contributed by atoms with Gasteiger partial charge in [0.1, 0.15) is 5.76 Å². The highest BCUT2D eigenvalue weighted by atomic mass is 16.3. The third kappa shape index (κ3) is 2.43. The number of piperidine rings is 1. The van der Waals surface area contributed by atoms with E-state index in [9.17, 15) is 0 Å². The topological polar surface area (TPSA) is 41.3 Å². The normalized spacial score (nSPS) is 30.9. The van der Waals surface area contributed by atoms with Gasteiger partial charge in [-0.15, -0.1) is 0 Å². The number of likely N-dealkylation sites (tertiary alicyclic amines) is 1. The quantitative estimate of drug-likeness (QED) is 0.904. The first kappa shape index (κ1) is 13.1.